The molecule has 0 bridgehead atoms. The highest BCUT2D eigenvalue weighted by Crippen LogP contribution is 2.39. The third kappa shape index (κ3) is 4.64. The normalized spacial score (nSPS) is 10.4. The van der Waals surface area contributed by atoms with Gasteiger partial charge in [-0.15, -0.1) is 0 Å². The Morgan fingerprint density at radius 1 is 1.03 bits per heavy atom. The van der Waals surface area contributed by atoms with Gasteiger partial charge in [-0.2, -0.15) is 0 Å². The van der Waals surface area contributed by atoms with Crippen LogP contribution in [0.15, 0.2) is 42.7 Å². The molecule has 30 heavy (non-hydrogen) atoms. The highest BCUT2D eigenvalue weighted by Gasteiger charge is 2.24. The minimum atomic E-state index is -0.575. The Kier molecular flexibility index (Phi) is 6.76. The summed E-state index contributed by atoms with van der Waals surface area (Å²) >= 11 is 12.3. The zero-order chi connectivity index (χ0) is 21.7. The van der Waals surface area contributed by atoms with Crippen LogP contribution in [-0.4, -0.2) is 29.1 Å². The molecular formula is C19H17Cl2N5O4. The van der Waals surface area contributed by atoms with E-state index in [9.17, 15) is 10.1 Å². The van der Waals surface area contributed by atoms with Crippen molar-refractivity contribution in [2.45, 2.75) is 6.54 Å². The number of hydrogen-bond acceptors (Lipinski definition) is 8. The number of nitrogens with zero attached hydrogens (tertiary/aromatic N) is 3. The first-order valence-corrected chi connectivity index (χ1v) is 9.35. The number of rotatable bonds is 8. The van der Waals surface area contributed by atoms with Crippen molar-refractivity contribution in [2.75, 3.05) is 24.9 Å². The van der Waals surface area contributed by atoms with Crippen LogP contribution in [-0.2, 0) is 6.54 Å². The molecule has 0 aliphatic heterocycles. The maximum Gasteiger partial charge on any atom is 0.353 e. The Morgan fingerprint density at radius 2 is 1.73 bits per heavy atom. The van der Waals surface area contributed by atoms with E-state index in [-0.39, 0.29) is 23.9 Å². The van der Waals surface area contributed by atoms with E-state index in [0.717, 1.165) is 5.56 Å². The van der Waals surface area contributed by atoms with Crippen molar-refractivity contribution in [3.63, 3.8) is 0 Å². The van der Waals surface area contributed by atoms with Gasteiger partial charge in [0.15, 0.2) is 0 Å². The second-order valence-electron chi connectivity index (χ2n) is 5.93. The van der Waals surface area contributed by atoms with Crippen molar-refractivity contribution in [3.05, 3.63) is 68.4 Å². The summed E-state index contributed by atoms with van der Waals surface area (Å²) in [6, 6.07) is 10.3. The van der Waals surface area contributed by atoms with Crippen LogP contribution in [0.25, 0.3) is 0 Å². The molecule has 0 fully saturated rings. The second kappa shape index (κ2) is 9.47. The molecule has 0 amide bonds. The molecule has 1 aromatic heterocycles. The van der Waals surface area contributed by atoms with Gasteiger partial charge < -0.3 is 20.1 Å². The fourth-order valence-corrected chi connectivity index (χ4v) is 3.12. The average molecular weight is 450 g/mol. The average Bonchev–Trinajstić information content (AvgIpc) is 2.73. The van der Waals surface area contributed by atoms with Crippen LogP contribution in [0.2, 0.25) is 10.0 Å². The third-order valence-corrected chi connectivity index (χ3v) is 4.80. The predicted octanol–water partition coefficient (Wildman–Crippen LogP) is 5.06. The fraction of sp³-hybridized carbons (Fsp3) is 0.158. The smallest absolute Gasteiger partial charge is 0.353 e. The van der Waals surface area contributed by atoms with Crippen molar-refractivity contribution < 1.29 is 14.4 Å². The predicted molar refractivity (Wildman–Crippen MR) is 115 cm³/mol. The zero-order valence-corrected chi connectivity index (χ0v) is 17.5. The van der Waals surface area contributed by atoms with Gasteiger partial charge in [0.1, 0.15) is 17.8 Å². The van der Waals surface area contributed by atoms with E-state index in [1.807, 2.05) is 12.1 Å². The number of benzene rings is 2. The van der Waals surface area contributed by atoms with Gasteiger partial charge in [-0.3, -0.25) is 10.1 Å². The van der Waals surface area contributed by atoms with E-state index in [4.69, 9.17) is 32.7 Å². The molecule has 0 radical (unpaired) electrons. The summed E-state index contributed by atoms with van der Waals surface area (Å²) in [4.78, 5) is 19.2. The molecule has 11 heteroatoms. The monoisotopic (exact) mass is 449 g/mol. The van der Waals surface area contributed by atoms with E-state index in [1.165, 1.54) is 26.6 Å². The number of hydrogen-bond donors (Lipinski definition) is 2. The van der Waals surface area contributed by atoms with Gasteiger partial charge in [0, 0.05) is 17.6 Å². The van der Waals surface area contributed by atoms with Gasteiger partial charge in [-0.05, 0) is 17.7 Å². The lowest BCUT2D eigenvalue weighted by Crippen LogP contribution is -2.09. The van der Waals surface area contributed by atoms with Crippen LogP contribution in [0.3, 0.4) is 0 Å². The first-order valence-electron chi connectivity index (χ1n) is 8.59. The highest BCUT2D eigenvalue weighted by atomic mass is 35.5. The number of nitro groups is 1. The molecule has 2 N–H and O–H groups in total. The molecular weight excluding hydrogens is 433 g/mol. The summed E-state index contributed by atoms with van der Waals surface area (Å²) in [5, 5.41) is 18.4. The van der Waals surface area contributed by atoms with E-state index in [1.54, 1.807) is 18.2 Å². The molecule has 0 spiro atoms. The Morgan fingerprint density at radius 3 is 2.40 bits per heavy atom. The van der Waals surface area contributed by atoms with Crippen molar-refractivity contribution in [2.24, 2.45) is 0 Å². The topological polar surface area (TPSA) is 111 Å². The second-order valence-corrected chi connectivity index (χ2v) is 6.75. The lowest BCUT2D eigenvalue weighted by molar-refractivity contribution is -0.383. The zero-order valence-electron chi connectivity index (χ0n) is 16.0. The highest BCUT2D eigenvalue weighted by molar-refractivity contribution is 6.32. The number of anilines is 3. The largest absolute Gasteiger partial charge is 0.495 e. The van der Waals surface area contributed by atoms with Crippen LogP contribution >= 0.6 is 23.2 Å². The summed E-state index contributed by atoms with van der Waals surface area (Å²) in [7, 11) is 2.93. The minimum Gasteiger partial charge on any atom is -0.495 e. The number of halogens is 2. The molecule has 3 rings (SSSR count). The van der Waals surface area contributed by atoms with Crippen molar-refractivity contribution in [3.8, 4) is 11.5 Å². The maximum atomic E-state index is 11.8. The van der Waals surface area contributed by atoms with Crippen LogP contribution in [0, 0.1) is 10.1 Å². The molecule has 9 nitrogen and oxygen atoms in total. The number of ether oxygens (including phenoxy) is 2. The number of nitrogens with one attached hydrogen (secondary N) is 2. The first-order chi connectivity index (χ1) is 14.4. The van der Waals surface area contributed by atoms with Gasteiger partial charge in [0.25, 0.3) is 0 Å². The van der Waals surface area contributed by atoms with Gasteiger partial charge >= 0.3 is 5.69 Å². The molecule has 0 atom stereocenters. The van der Waals surface area contributed by atoms with E-state index in [2.05, 4.69) is 20.6 Å². The van der Waals surface area contributed by atoms with E-state index >= 15 is 0 Å². The summed E-state index contributed by atoms with van der Waals surface area (Å²) in [5.74, 6) is 0.778. The lowest BCUT2D eigenvalue weighted by Gasteiger charge is -2.14. The van der Waals surface area contributed by atoms with Crippen LogP contribution < -0.4 is 20.1 Å². The quantitative estimate of drug-likeness (QED) is 0.362. The minimum absolute atomic E-state index is 0.0313. The van der Waals surface area contributed by atoms with Crippen LogP contribution in [0.4, 0.5) is 23.0 Å². The molecule has 2 aromatic carbocycles. The van der Waals surface area contributed by atoms with Crippen LogP contribution in [0.5, 0.6) is 11.5 Å². The molecule has 0 unspecified atom stereocenters. The maximum absolute atomic E-state index is 11.8. The Balaban J connectivity index is 1.95. The van der Waals surface area contributed by atoms with Crippen molar-refractivity contribution in [1.82, 2.24) is 9.97 Å². The molecule has 0 saturated carbocycles. The van der Waals surface area contributed by atoms with Crippen molar-refractivity contribution >= 4 is 46.2 Å². The lowest BCUT2D eigenvalue weighted by atomic mass is 10.2. The van der Waals surface area contributed by atoms with Gasteiger partial charge in [-0.1, -0.05) is 41.4 Å². The summed E-state index contributed by atoms with van der Waals surface area (Å²) in [5.41, 5.74) is 0.811. The molecule has 1 heterocycles. The molecule has 156 valence electrons. The number of methoxy groups -OCH3 is 2. The van der Waals surface area contributed by atoms with Gasteiger partial charge in [-0.25, -0.2) is 9.97 Å². The van der Waals surface area contributed by atoms with E-state index in [0.29, 0.717) is 27.2 Å². The molecule has 0 aliphatic carbocycles. The molecule has 0 saturated heterocycles. The summed E-state index contributed by atoms with van der Waals surface area (Å²) in [6.07, 6.45) is 1.21. The molecule has 3 aromatic rings. The standard InChI is InChI=1S/C19H17Cl2N5O4/c1-29-15-8-16(30-2)14(7-13(15)21)25-19-17(26(27)28)18(23-10-24-19)22-9-11-5-3-4-6-12(11)20/h3-8,10H,9H2,1-2H3,(H2,22,23,24,25). The summed E-state index contributed by atoms with van der Waals surface area (Å²) in [6.45, 7) is 0.245. The van der Waals surface area contributed by atoms with Gasteiger partial charge in [0.2, 0.25) is 11.6 Å². The fourth-order valence-electron chi connectivity index (χ4n) is 2.68. The Bertz CT molecular complexity index is 1080. The van der Waals surface area contributed by atoms with Gasteiger partial charge in [0.05, 0.1) is 29.9 Å². The summed E-state index contributed by atoms with van der Waals surface area (Å²) < 4.78 is 10.5. The Hall–Kier alpha value is -3.30. The number of aromatic nitrogens is 2. The van der Waals surface area contributed by atoms with Crippen LogP contribution in [0.1, 0.15) is 5.56 Å². The SMILES string of the molecule is COc1cc(OC)c(Nc2ncnc(NCc3ccccc3Cl)c2[N+](=O)[O-])cc1Cl. The molecule has 0 aliphatic rings. The Labute approximate surface area is 182 Å². The van der Waals surface area contributed by atoms with Crippen molar-refractivity contribution in [1.29, 1.82) is 0 Å². The first kappa shape index (κ1) is 21.4. The third-order valence-electron chi connectivity index (χ3n) is 4.14. The van der Waals surface area contributed by atoms with E-state index < -0.39 is 4.92 Å².